The van der Waals surface area contributed by atoms with Gasteiger partial charge in [-0.05, 0) is 36.0 Å². The number of carbonyl (C=O) groups excluding carboxylic acids is 4. The Morgan fingerprint density at radius 2 is 1.79 bits per heavy atom. The summed E-state index contributed by atoms with van der Waals surface area (Å²) in [7, 11) is 2.49. The average molecular weight is 401 g/mol. The summed E-state index contributed by atoms with van der Waals surface area (Å²) in [5, 5.41) is -0.549. The molecule has 8 nitrogen and oxygen atoms in total. The van der Waals surface area contributed by atoms with Gasteiger partial charge >= 0.3 is 11.9 Å². The van der Waals surface area contributed by atoms with Crippen molar-refractivity contribution >= 4 is 40.9 Å². The number of carbonyl (C=O) groups is 4. The van der Waals surface area contributed by atoms with Crippen LogP contribution >= 0.6 is 11.8 Å². The Balaban J connectivity index is 1.77. The number of nitrogens with zero attached hydrogens (tertiary/aromatic N) is 1. The van der Waals surface area contributed by atoms with Crippen LogP contribution in [0.25, 0.3) is 17.4 Å². The number of furan rings is 1. The molecule has 9 heteroatoms. The second-order valence-electron chi connectivity index (χ2n) is 5.61. The summed E-state index contributed by atoms with van der Waals surface area (Å²) >= 11 is 0.721. The van der Waals surface area contributed by atoms with E-state index in [0.29, 0.717) is 17.1 Å². The maximum absolute atomic E-state index is 12.3. The molecule has 1 aliphatic heterocycles. The van der Waals surface area contributed by atoms with Gasteiger partial charge in [0.05, 0.1) is 24.7 Å². The van der Waals surface area contributed by atoms with Crippen molar-refractivity contribution in [1.82, 2.24) is 4.90 Å². The molecule has 0 unspecified atom stereocenters. The lowest BCUT2D eigenvalue weighted by Gasteiger charge is -2.09. The molecule has 144 valence electrons. The molecule has 0 spiro atoms. The van der Waals surface area contributed by atoms with Gasteiger partial charge in [-0.1, -0.05) is 12.1 Å². The zero-order chi connectivity index (χ0) is 20.3. The number of rotatable bonds is 5. The van der Waals surface area contributed by atoms with E-state index in [1.165, 1.54) is 20.3 Å². The number of amides is 2. The number of thioether (sulfide) groups is 1. The highest BCUT2D eigenvalue weighted by molar-refractivity contribution is 8.18. The van der Waals surface area contributed by atoms with Crippen LogP contribution in [0.3, 0.4) is 0 Å². The lowest BCUT2D eigenvalue weighted by molar-refractivity contribution is -0.143. The van der Waals surface area contributed by atoms with Crippen molar-refractivity contribution in [2.75, 3.05) is 20.8 Å². The fourth-order valence-corrected chi connectivity index (χ4v) is 3.25. The Morgan fingerprint density at radius 1 is 1.07 bits per heavy atom. The van der Waals surface area contributed by atoms with Gasteiger partial charge in [-0.3, -0.25) is 19.3 Å². The van der Waals surface area contributed by atoms with Crippen LogP contribution in [0.4, 0.5) is 4.79 Å². The number of benzene rings is 1. The van der Waals surface area contributed by atoms with E-state index in [9.17, 15) is 19.2 Å². The minimum absolute atomic E-state index is 0.149. The molecule has 0 atom stereocenters. The number of hydrogen-bond acceptors (Lipinski definition) is 8. The van der Waals surface area contributed by atoms with E-state index in [2.05, 4.69) is 9.47 Å². The van der Waals surface area contributed by atoms with E-state index < -0.39 is 29.6 Å². The molecule has 1 aromatic carbocycles. The number of hydrogen-bond donors (Lipinski definition) is 0. The van der Waals surface area contributed by atoms with Crippen molar-refractivity contribution in [3.63, 3.8) is 0 Å². The van der Waals surface area contributed by atoms with Crippen LogP contribution in [0.5, 0.6) is 0 Å². The predicted octanol–water partition coefficient (Wildman–Crippen LogP) is 2.94. The normalized spacial score (nSPS) is 15.2. The van der Waals surface area contributed by atoms with Crippen molar-refractivity contribution in [2.24, 2.45) is 0 Å². The van der Waals surface area contributed by atoms with Crippen LogP contribution in [-0.2, 0) is 19.1 Å². The standard InChI is InChI=1S/C19H15NO7S/c1-25-16(21)10-20-17(22)15(28-19(20)24)9-13-7-8-14(27-13)11-3-5-12(6-4-11)18(23)26-2/h3-9H,10H2,1-2H3/b15-9-. The predicted molar refractivity (Wildman–Crippen MR) is 100 cm³/mol. The van der Waals surface area contributed by atoms with Gasteiger partial charge in [-0.2, -0.15) is 0 Å². The van der Waals surface area contributed by atoms with E-state index in [-0.39, 0.29) is 4.91 Å². The topological polar surface area (TPSA) is 103 Å². The molecule has 1 aliphatic rings. The molecule has 0 bridgehead atoms. The highest BCUT2D eigenvalue weighted by atomic mass is 32.2. The molecule has 0 N–H and O–H groups in total. The molecule has 1 saturated heterocycles. The van der Waals surface area contributed by atoms with E-state index >= 15 is 0 Å². The molecule has 1 aromatic heterocycles. The summed E-state index contributed by atoms with van der Waals surface area (Å²) < 4.78 is 14.8. The average Bonchev–Trinajstić information content (AvgIpc) is 3.27. The zero-order valence-corrected chi connectivity index (χ0v) is 15.8. The zero-order valence-electron chi connectivity index (χ0n) is 15.0. The monoisotopic (exact) mass is 401 g/mol. The van der Waals surface area contributed by atoms with Gasteiger partial charge in [-0.25, -0.2) is 4.79 Å². The molecule has 28 heavy (non-hydrogen) atoms. The van der Waals surface area contributed by atoms with Gasteiger partial charge in [0.2, 0.25) is 0 Å². The maximum atomic E-state index is 12.3. The number of esters is 2. The molecule has 2 heterocycles. The quantitative estimate of drug-likeness (QED) is 0.556. The summed E-state index contributed by atoms with van der Waals surface area (Å²) in [4.78, 5) is 48.0. The summed E-state index contributed by atoms with van der Waals surface area (Å²) in [6.07, 6.45) is 1.44. The first-order chi connectivity index (χ1) is 13.4. The van der Waals surface area contributed by atoms with Gasteiger partial charge in [0.15, 0.2) is 0 Å². The second-order valence-corrected chi connectivity index (χ2v) is 6.61. The smallest absolute Gasteiger partial charge is 0.337 e. The Bertz CT molecular complexity index is 974. The van der Waals surface area contributed by atoms with Crippen LogP contribution in [0.2, 0.25) is 0 Å². The summed E-state index contributed by atoms with van der Waals surface area (Å²) in [6, 6.07) is 10.00. The van der Waals surface area contributed by atoms with Gasteiger partial charge in [0, 0.05) is 11.6 Å². The molecule has 1 fully saturated rings. The first-order valence-corrected chi connectivity index (χ1v) is 8.85. The molecule has 2 aromatic rings. The summed E-state index contributed by atoms with van der Waals surface area (Å²) in [5.74, 6) is -0.804. The third-order valence-corrected chi connectivity index (χ3v) is 4.79. The van der Waals surface area contributed by atoms with Gasteiger partial charge in [0.25, 0.3) is 11.1 Å². The third kappa shape index (κ3) is 3.99. The summed E-state index contributed by atoms with van der Waals surface area (Å²) in [5.41, 5.74) is 1.14. The minimum Gasteiger partial charge on any atom is -0.468 e. The molecular formula is C19H15NO7S. The first-order valence-electron chi connectivity index (χ1n) is 8.03. The number of imide groups is 1. The van der Waals surface area contributed by atoms with Crippen LogP contribution in [-0.4, -0.2) is 48.7 Å². The fraction of sp³-hybridized carbons (Fsp3) is 0.158. The van der Waals surface area contributed by atoms with E-state index in [1.807, 2.05) is 0 Å². The molecule has 3 rings (SSSR count). The third-order valence-electron chi connectivity index (χ3n) is 3.88. The van der Waals surface area contributed by atoms with Gasteiger partial charge < -0.3 is 13.9 Å². The minimum atomic E-state index is -0.681. The number of methoxy groups -OCH3 is 2. The molecule has 0 aliphatic carbocycles. The first kappa shape index (κ1) is 19.4. The van der Waals surface area contributed by atoms with Crippen molar-refractivity contribution in [3.05, 3.63) is 52.6 Å². The Hall–Kier alpha value is -3.33. The van der Waals surface area contributed by atoms with Crippen LogP contribution in [0.1, 0.15) is 16.1 Å². The lowest BCUT2D eigenvalue weighted by Crippen LogP contribution is -2.34. The highest BCUT2D eigenvalue weighted by Gasteiger charge is 2.36. The van der Waals surface area contributed by atoms with E-state index in [1.54, 1.807) is 36.4 Å². The van der Waals surface area contributed by atoms with Crippen molar-refractivity contribution in [1.29, 1.82) is 0 Å². The lowest BCUT2D eigenvalue weighted by atomic mass is 10.1. The number of ether oxygens (including phenoxy) is 2. The van der Waals surface area contributed by atoms with Gasteiger partial charge in [0.1, 0.15) is 18.1 Å². The fourth-order valence-electron chi connectivity index (χ4n) is 2.43. The van der Waals surface area contributed by atoms with Crippen molar-refractivity contribution in [2.45, 2.75) is 0 Å². The van der Waals surface area contributed by atoms with Gasteiger partial charge in [-0.15, -0.1) is 0 Å². The Labute approximate surface area is 164 Å². The van der Waals surface area contributed by atoms with Crippen molar-refractivity contribution < 1.29 is 33.1 Å². The summed E-state index contributed by atoms with van der Waals surface area (Å²) in [6.45, 7) is -0.436. The second kappa shape index (κ2) is 8.13. The largest absolute Gasteiger partial charge is 0.468 e. The SMILES string of the molecule is COC(=O)CN1C(=O)S/C(=C\c2ccc(-c3ccc(C(=O)OC)cc3)o2)C1=O. The van der Waals surface area contributed by atoms with Crippen LogP contribution in [0.15, 0.2) is 45.7 Å². The molecular weight excluding hydrogens is 386 g/mol. The van der Waals surface area contributed by atoms with Crippen molar-refractivity contribution in [3.8, 4) is 11.3 Å². The molecule has 0 saturated carbocycles. The van der Waals surface area contributed by atoms with E-state index in [4.69, 9.17) is 4.42 Å². The Kier molecular flexibility index (Phi) is 5.65. The van der Waals surface area contributed by atoms with E-state index in [0.717, 1.165) is 22.2 Å². The maximum Gasteiger partial charge on any atom is 0.337 e. The highest BCUT2D eigenvalue weighted by Crippen LogP contribution is 2.33. The molecule has 0 radical (unpaired) electrons. The van der Waals surface area contributed by atoms with Crippen LogP contribution < -0.4 is 0 Å². The Morgan fingerprint density at radius 3 is 2.43 bits per heavy atom. The van der Waals surface area contributed by atoms with Crippen LogP contribution in [0, 0.1) is 0 Å². The molecule has 2 amide bonds.